The Morgan fingerprint density at radius 1 is 1.13 bits per heavy atom. The fraction of sp³-hybridized carbons (Fsp3) is 0. The van der Waals surface area contributed by atoms with E-state index in [4.69, 9.17) is 34.3 Å². The Kier molecular flexibility index (Phi) is 6.78. The summed E-state index contributed by atoms with van der Waals surface area (Å²) in [5, 5.41) is 13.2. The third kappa shape index (κ3) is 5.14. The molecular weight excluding hydrogens is 449 g/mol. The Balaban J connectivity index is 1.84. The summed E-state index contributed by atoms with van der Waals surface area (Å²) in [6, 6.07) is 7.16. The van der Waals surface area contributed by atoms with Crippen LogP contribution >= 0.6 is 23.2 Å². The van der Waals surface area contributed by atoms with Gasteiger partial charge in [0.15, 0.2) is 5.82 Å². The second-order valence-electron chi connectivity index (χ2n) is 6.11. The van der Waals surface area contributed by atoms with Crippen molar-refractivity contribution in [2.24, 2.45) is 5.10 Å². The number of amides is 1. The normalized spacial score (nSPS) is 10.8. The van der Waals surface area contributed by atoms with Gasteiger partial charge in [-0.05, 0) is 36.4 Å². The van der Waals surface area contributed by atoms with Gasteiger partial charge in [-0.15, -0.1) is 0 Å². The minimum absolute atomic E-state index is 0.0315. The van der Waals surface area contributed by atoms with Crippen molar-refractivity contribution in [2.45, 2.75) is 0 Å². The zero-order chi connectivity index (χ0) is 22.5. The number of rotatable bonds is 6. The molecule has 1 amide bonds. The summed E-state index contributed by atoms with van der Waals surface area (Å²) >= 11 is 12.3. The van der Waals surface area contributed by atoms with Gasteiger partial charge >= 0.3 is 0 Å². The minimum atomic E-state index is -0.757. The molecule has 11 heteroatoms. The topological polar surface area (TPSA) is 116 Å². The number of pyridine rings is 1. The largest absolute Gasteiger partial charge is 0.398 e. The second kappa shape index (κ2) is 9.50. The molecule has 3 aromatic rings. The summed E-state index contributed by atoms with van der Waals surface area (Å²) in [6.45, 7) is 0. The van der Waals surface area contributed by atoms with Gasteiger partial charge in [-0.3, -0.25) is 10.2 Å². The first kappa shape index (κ1) is 22.1. The summed E-state index contributed by atoms with van der Waals surface area (Å²) in [7, 11) is 0. The second-order valence-corrected chi connectivity index (χ2v) is 6.92. The number of halogens is 4. The van der Waals surface area contributed by atoms with Gasteiger partial charge in [0.25, 0.3) is 5.91 Å². The van der Waals surface area contributed by atoms with E-state index in [1.807, 2.05) is 0 Å². The molecule has 0 aliphatic carbocycles. The molecule has 0 aliphatic rings. The fourth-order valence-corrected chi connectivity index (χ4v) is 3.09. The number of benzene rings is 2. The highest BCUT2D eigenvalue weighted by molar-refractivity contribution is 6.35. The van der Waals surface area contributed by atoms with Crippen molar-refractivity contribution >= 4 is 58.7 Å². The third-order valence-corrected chi connectivity index (χ3v) is 4.62. The molecule has 1 heterocycles. The molecule has 5 N–H and O–H groups in total. The molecule has 1 aromatic heterocycles. The molecule has 158 valence electrons. The summed E-state index contributed by atoms with van der Waals surface area (Å²) in [5.74, 6) is -1.79. The minimum Gasteiger partial charge on any atom is -0.398 e. The number of nitrogens with zero attached hydrogens (tertiary/aromatic N) is 2. The maximum absolute atomic E-state index is 14.7. The van der Waals surface area contributed by atoms with Gasteiger partial charge < -0.3 is 16.5 Å². The summed E-state index contributed by atoms with van der Waals surface area (Å²) < 4.78 is 28.0. The zero-order valence-corrected chi connectivity index (χ0v) is 17.1. The van der Waals surface area contributed by atoms with E-state index in [1.54, 1.807) is 0 Å². The van der Waals surface area contributed by atoms with E-state index in [9.17, 15) is 13.6 Å². The summed E-state index contributed by atoms with van der Waals surface area (Å²) in [4.78, 5) is 16.6. The van der Waals surface area contributed by atoms with E-state index in [1.165, 1.54) is 30.6 Å². The lowest BCUT2D eigenvalue weighted by Crippen LogP contribution is -2.13. The number of hydrazone groups is 1. The Bertz CT molecular complexity index is 1200. The van der Waals surface area contributed by atoms with Crippen molar-refractivity contribution in [3.8, 4) is 11.1 Å². The molecule has 0 fully saturated rings. The number of nitrogens with one attached hydrogen (secondary N) is 3. The van der Waals surface area contributed by atoms with Crippen LogP contribution in [0.1, 0.15) is 10.4 Å². The molecule has 0 bridgehead atoms. The number of aromatic nitrogens is 1. The van der Waals surface area contributed by atoms with Crippen LogP contribution in [0.15, 0.2) is 47.7 Å². The van der Waals surface area contributed by atoms with Gasteiger partial charge in [-0.1, -0.05) is 23.2 Å². The van der Waals surface area contributed by atoms with Crippen LogP contribution in [0.5, 0.6) is 0 Å². The van der Waals surface area contributed by atoms with Crippen LogP contribution in [-0.2, 0) is 0 Å². The van der Waals surface area contributed by atoms with Gasteiger partial charge in [0.1, 0.15) is 11.6 Å². The highest BCUT2D eigenvalue weighted by Gasteiger charge is 2.18. The van der Waals surface area contributed by atoms with Gasteiger partial charge in [-0.25, -0.2) is 13.8 Å². The molecule has 3 rings (SSSR count). The van der Waals surface area contributed by atoms with Crippen LogP contribution in [-0.4, -0.2) is 23.3 Å². The van der Waals surface area contributed by atoms with Gasteiger partial charge in [0.2, 0.25) is 0 Å². The quantitative estimate of drug-likeness (QED) is 0.228. The molecule has 0 saturated carbocycles. The van der Waals surface area contributed by atoms with Crippen LogP contribution in [0.2, 0.25) is 10.0 Å². The smallest absolute Gasteiger partial charge is 0.257 e. The SMILES string of the molecule is N=C/C=N\Nc1ncc(NC(=O)c2cc(F)c(-c3ccc(F)cc3N)cc2Cl)cc1Cl. The highest BCUT2D eigenvalue weighted by Crippen LogP contribution is 2.33. The van der Waals surface area contributed by atoms with Crippen LogP contribution in [0.4, 0.5) is 26.0 Å². The predicted molar refractivity (Wildman–Crippen MR) is 119 cm³/mol. The molecular formula is C20H14Cl2F2N6O. The van der Waals surface area contributed by atoms with Crippen LogP contribution < -0.4 is 16.5 Å². The Morgan fingerprint density at radius 3 is 2.58 bits per heavy atom. The van der Waals surface area contributed by atoms with Crippen molar-refractivity contribution in [3.63, 3.8) is 0 Å². The number of nitrogen functional groups attached to an aromatic ring is 1. The van der Waals surface area contributed by atoms with Gasteiger partial charge in [0.05, 0.1) is 33.7 Å². The monoisotopic (exact) mass is 462 g/mol. The molecule has 0 unspecified atom stereocenters. The number of nitrogens with two attached hydrogens (primary N) is 1. The molecule has 7 nitrogen and oxygen atoms in total. The first-order valence-corrected chi connectivity index (χ1v) is 9.35. The van der Waals surface area contributed by atoms with Crippen molar-refractivity contribution in [3.05, 3.63) is 69.8 Å². The van der Waals surface area contributed by atoms with Crippen LogP contribution in [0, 0.1) is 17.0 Å². The molecule has 31 heavy (non-hydrogen) atoms. The lowest BCUT2D eigenvalue weighted by Gasteiger charge is -2.12. The molecule has 0 atom stereocenters. The van der Waals surface area contributed by atoms with Crippen molar-refractivity contribution < 1.29 is 13.6 Å². The summed E-state index contributed by atoms with van der Waals surface area (Å²) in [6.07, 6.45) is 3.46. The van der Waals surface area contributed by atoms with Crippen molar-refractivity contribution in [2.75, 3.05) is 16.5 Å². The number of carbonyl (C=O) groups is 1. The number of hydrogen-bond donors (Lipinski definition) is 4. The Morgan fingerprint density at radius 2 is 1.90 bits per heavy atom. The molecule has 0 radical (unpaired) electrons. The zero-order valence-electron chi connectivity index (χ0n) is 15.6. The summed E-state index contributed by atoms with van der Waals surface area (Å²) in [5.41, 5.74) is 8.72. The molecule has 0 saturated heterocycles. The first-order chi connectivity index (χ1) is 14.8. The van der Waals surface area contributed by atoms with Crippen LogP contribution in [0.25, 0.3) is 11.1 Å². The van der Waals surface area contributed by atoms with Crippen molar-refractivity contribution in [1.29, 1.82) is 5.41 Å². The standard InChI is InChI=1S/C20H14Cl2F2N6O/c21-15-7-13(12-2-1-10(23)5-18(12)26)17(24)8-14(15)20(31)29-11-6-16(22)19(27-9-11)30-28-4-3-25/h1-9,25H,26H2,(H,27,30)(H,29,31)/b25-3?,28-4-. The highest BCUT2D eigenvalue weighted by atomic mass is 35.5. The maximum atomic E-state index is 14.7. The lowest BCUT2D eigenvalue weighted by molar-refractivity contribution is 0.102. The van der Waals surface area contributed by atoms with E-state index in [0.29, 0.717) is 0 Å². The molecule has 2 aromatic carbocycles. The molecule has 0 aliphatic heterocycles. The average molecular weight is 463 g/mol. The fourth-order valence-electron chi connectivity index (χ4n) is 2.63. The van der Waals surface area contributed by atoms with Crippen LogP contribution in [0.3, 0.4) is 0 Å². The van der Waals surface area contributed by atoms with E-state index >= 15 is 0 Å². The predicted octanol–water partition coefficient (Wildman–Crippen LogP) is 5.22. The number of hydrogen-bond acceptors (Lipinski definition) is 6. The average Bonchev–Trinajstić information content (AvgIpc) is 2.71. The number of anilines is 3. The van der Waals surface area contributed by atoms with Gasteiger partial charge in [0, 0.05) is 23.0 Å². The number of carbonyl (C=O) groups excluding carboxylic acids is 1. The Hall–Kier alpha value is -3.56. The first-order valence-electron chi connectivity index (χ1n) is 8.59. The molecule has 0 spiro atoms. The van der Waals surface area contributed by atoms with E-state index < -0.39 is 17.5 Å². The van der Waals surface area contributed by atoms with E-state index in [0.717, 1.165) is 24.4 Å². The maximum Gasteiger partial charge on any atom is 0.257 e. The van der Waals surface area contributed by atoms with Gasteiger partial charge in [-0.2, -0.15) is 5.10 Å². The lowest BCUT2D eigenvalue weighted by atomic mass is 10.0. The van der Waals surface area contributed by atoms with E-state index in [-0.39, 0.29) is 43.9 Å². The van der Waals surface area contributed by atoms with E-state index in [2.05, 4.69) is 20.8 Å². The Labute approximate surface area is 185 Å². The third-order valence-electron chi connectivity index (χ3n) is 4.02. The van der Waals surface area contributed by atoms with Crippen molar-refractivity contribution in [1.82, 2.24) is 4.98 Å².